The van der Waals surface area contributed by atoms with Crippen molar-refractivity contribution in [3.8, 4) is 0 Å². The maximum atomic E-state index is 4.41. The quantitative estimate of drug-likeness (QED) is 0.870. The van der Waals surface area contributed by atoms with E-state index in [9.17, 15) is 0 Å². The molecule has 0 radical (unpaired) electrons. The molecule has 0 bridgehead atoms. The summed E-state index contributed by atoms with van der Waals surface area (Å²) in [5, 5.41) is 3.39. The Morgan fingerprint density at radius 2 is 1.71 bits per heavy atom. The fourth-order valence-corrected chi connectivity index (χ4v) is 2.57. The predicted molar refractivity (Wildman–Crippen MR) is 71.1 cm³/mol. The van der Waals surface area contributed by atoms with Crippen molar-refractivity contribution in [3.05, 3.63) is 17.5 Å². The van der Waals surface area contributed by atoms with Gasteiger partial charge in [-0.3, -0.25) is 0 Å². The van der Waals surface area contributed by atoms with Gasteiger partial charge >= 0.3 is 0 Å². The van der Waals surface area contributed by atoms with Gasteiger partial charge in [0.25, 0.3) is 0 Å². The normalized spacial score (nSPS) is 24.6. The van der Waals surface area contributed by atoms with Crippen LogP contribution in [0.25, 0.3) is 0 Å². The minimum Gasteiger partial charge on any atom is -0.354 e. The molecule has 1 N–H and O–H groups in total. The molecule has 3 heteroatoms. The Morgan fingerprint density at radius 3 is 2.29 bits per heavy atom. The van der Waals surface area contributed by atoms with Crippen molar-refractivity contribution in [1.29, 1.82) is 0 Å². The van der Waals surface area contributed by atoms with Crippen molar-refractivity contribution in [2.45, 2.75) is 46.5 Å². The van der Waals surface area contributed by atoms with Crippen LogP contribution in [0.15, 0.2) is 6.07 Å². The molecule has 2 rings (SSSR count). The van der Waals surface area contributed by atoms with Gasteiger partial charge in [0.1, 0.15) is 0 Å². The second-order valence-electron chi connectivity index (χ2n) is 5.48. The first-order valence-electron chi connectivity index (χ1n) is 6.69. The molecule has 1 saturated carbocycles. The smallest absolute Gasteiger partial charge is 0.223 e. The van der Waals surface area contributed by atoms with Crippen LogP contribution >= 0.6 is 0 Å². The molecule has 1 heterocycles. The van der Waals surface area contributed by atoms with Crippen LogP contribution in [-0.4, -0.2) is 16.5 Å². The van der Waals surface area contributed by atoms with Crippen LogP contribution in [0.4, 0.5) is 5.95 Å². The highest BCUT2D eigenvalue weighted by molar-refractivity contribution is 5.27. The summed E-state index contributed by atoms with van der Waals surface area (Å²) < 4.78 is 0. The van der Waals surface area contributed by atoms with Gasteiger partial charge in [0, 0.05) is 17.9 Å². The molecule has 0 amide bonds. The SMILES string of the molecule is Cc1cc(C)nc(NCC2CCC(C)CC2)n1. The fourth-order valence-electron chi connectivity index (χ4n) is 2.57. The number of nitrogens with zero attached hydrogens (tertiary/aromatic N) is 2. The van der Waals surface area contributed by atoms with Crippen LogP contribution < -0.4 is 5.32 Å². The van der Waals surface area contributed by atoms with Crippen molar-refractivity contribution in [2.24, 2.45) is 11.8 Å². The van der Waals surface area contributed by atoms with E-state index in [2.05, 4.69) is 22.2 Å². The lowest BCUT2D eigenvalue weighted by atomic mass is 9.83. The van der Waals surface area contributed by atoms with Crippen molar-refractivity contribution < 1.29 is 0 Å². The highest BCUT2D eigenvalue weighted by atomic mass is 15.1. The van der Waals surface area contributed by atoms with Crippen LogP contribution in [0, 0.1) is 25.7 Å². The molecule has 17 heavy (non-hydrogen) atoms. The summed E-state index contributed by atoms with van der Waals surface area (Å²) in [6.07, 6.45) is 5.44. The first-order valence-corrected chi connectivity index (χ1v) is 6.69. The number of aromatic nitrogens is 2. The molecule has 1 aliphatic rings. The van der Waals surface area contributed by atoms with Gasteiger partial charge in [-0.2, -0.15) is 0 Å². The van der Waals surface area contributed by atoms with Gasteiger partial charge in [0.2, 0.25) is 5.95 Å². The molecule has 0 atom stereocenters. The number of anilines is 1. The van der Waals surface area contributed by atoms with Crippen LogP contribution in [0.5, 0.6) is 0 Å². The van der Waals surface area contributed by atoms with Gasteiger partial charge in [-0.25, -0.2) is 9.97 Å². The predicted octanol–water partition coefficient (Wildman–Crippen LogP) is 3.33. The van der Waals surface area contributed by atoms with E-state index in [0.717, 1.165) is 35.7 Å². The maximum Gasteiger partial charge on any atom is 0.223 e. The van der Waals surface area contributed by atoms with Crippen molar-refractivity contribution in [2.75, 3.05) is 11.9 Å². The zero-order chi connectivity index (χ0) is 12.3. The Hall–Kier alpha value is -1.12. The van der Waals surface area contributed by atoms with Gasteiger partial charge in [0.05, 0.1) is 0 Å². The highest BCUT2D eigenvalue weighted by Crippen LogP contribution is 2.28. The molecule has 0 aliphatic heterocycles. The summed E-state index contributed by atoms with van der Waals surface area (Å²) in [7, 11) is 0. The fraction of sp³-hybridized carbons (Fsp3) is 0.714. The number of hydrogen-bond donors (Lipinski definition) is 1. The second-order valence-corrected chi connectivity index (χ2v) is 5.48. The van der Waals surface area contributed by atoms with Crippen LogP contribution in [0.1, 0.15) is 44.0 Å². The van der Waals surface area contributed by atoms with E-state index < -0.39 is 0 Å². The summed E-state index contributed by atoms with van der Waals surface area (Å²) in [6, 6.07) is 2.01. The lowest BCUT2D eigenvalue weighted by molar-refractivity contribution is 0.300. The molecule has 1 aromatic heterocycles. The number of nitrogens with one attached hydrogen (secondary N) is 1. The summed E-state index contributed by atoms with van der Waals surface area (Å²) in [6.45, 7) is 7.41. The molecule has 94 valence electrons. The largest absolute Gasteiger partial charge is 0.354 e. The highest BCUT2D eigenvalue weighted by Gasteiger charge is 2.18. The molecule has 0 spiro atoms. The molecule has 1 aliphatic carbocycles. The average Bonchev–Trinajstić information content (AvgIpc) is 2.27. The van der Waals surface area contributed by atoms with Crippen LogP contribution in [0.3, 0.4) is 0 Å². The summed E-state index contributed by atoms with van der Waals surface area (Å²) in [5.41, 5.74) is 2.08. The molecule has 0 saturated heterocycles. The van der Waals surface area contributed by atoms with Crippen LogP contribution in [-0.2, 0) is 0 Å². The molecule has 3 nitrogen and oxygen atoms in total. The average molecular weight is 233 g/mol. The summed E-state index contributed by atoms with van der Waals surface area (Å²) in [4.78, 5) is 8.82. The van der Waals surface area contributed by atoms with E-state index in [1.54, 1.807) is 0 Å². The third-order valence-electron chi connectivity index (χ3n) is 3.67. The third-order valence-corrected chi connectivity index (χ3v) is 3.67. The molecular weight excluding hydrogens is 210 g/mol. The number of rotatable bonds is 3. The Balaban J connectivity index is 1.85. The summed E-state index contributed by atoms with van der Waals surface area (Å²) >= 11 is 0. The minimum absolute atomic E-state index is 0.793. The van der Waals surface area contributed by atoms with Gasteiger partial charge < -0.3 is 5.32 Å². The lowest BCUT2D eigenvalue weighted by Crippen LogP contribution is -2.21. The Morgan fingerprint density at radius 1 is 1.12 bits per heavy atom. The first-order chi connectivity index (χ1) is 8.13. The molecule has 0 unspecified atom stereocenters. The molecular formula is C14H23N3. The zero-order valence-corrected chi connectivity index (χ0v) is 11.2. The minimum atomic E-state index is 0.793. The maximum absolute atomic E-state index is 4.41. The Kier molecular flexibility index (Phi) is 3.97. The van der Waals surface area contributed by atoms with E-state index in [1.807, 2.05) is 19.9 Å². The van der Waals surface area contributed by atoms with Gasteiger partial charge in [-0.1, -0.05) is 19.8 Å². The monoisotopic (exact) mass is 233 g/mol. The second kappa shape index (κ2) is 5.48. The standard InChI is InChI=1S/C14H23N3/c1-10-4-6-13(7-5-10)9-15-14-16-11(2)8-12(3)17-14/h8,10,13H,4-7,9H2,1-3H3,(H,15,16,17). The van der Waals surface area contributed by atoms with E-state index >= 15 is 0 Å². The van der Waals surface area contributed by atoms with Crippen LogP contribution in [0.2, 0.25) is 0 Å². The van der Waals surface area contributed by atoms with Gasteiger partial charge in [-0.05, 0) is 44.6 Å². The Labute approximate surface area is 104 Å². The molecule has 1 aromatic rings. The number of aryl methyl sites for hydroxylation is 2. The zero-order valence-electron chi connectivity index (χ0n) is 11.2. The topological polar surface area (TPSA) is 37.8 Å². The Bertz CT molecular complexity index is 347. The van der Waals surface area contributed by atoms with E-state index in [4.69, 9.17) is 0 Å². The van der Waals surface area contributed by atoms with Crippen molar-refractivity contribution in [1.82, 2.24) is 9.97 Å². The van der Waals surface area contributed by atoms with Gasteiger partial charge in [0.15, 0.2) is 0 Å². The summed E-state index contributed by atoms with van der Waals surface area (Å²) in [5.74, 6) is 2.51. The van der Waals surface area contributed by atoms with Gasteiger partial charge in [-0.15, -0.1) is 0 Å². The molecule has 1 fully saturated rings. The van der Waals surface area contributed by atoms with E-state index in [1.165, 1.54) is 25.7 Å². The third kappa shape index (κ3) is 3.69. The van der Waals surface area contributed by atoms with E-state index in [-0.39, 0.29) is 0 Å². The van der Waals surface area contributed by atoms with Crippen molar-refractivity contribution >= 4 is 5.95 Å². The first kappa shape index (κ1) is 12.3. The number of hydrogen-bond acceptors (Lipinski definition) is 3. The molecule has 0 aromatic carbocycles. The van der Waals surface area contributed by atoms with E-state index in [0.29, 0.717) is 0 Å². The lowest BCUT2D eigenvalue weighted by Gasteiger charge is -2.26. The van der Waals surface area contributed by atoms with Crippen molar-refractivity contribution in [3.63, 3.8) is 0 Å².